The summed E-state index contributed by atoms with van der Waals surface area (Å²) >= 11 is 3.10. The Hall–Kier alpha value is -0.950. The van der Waals surface area contributed by atoms with Crippen molar-refractivity contribution >= 4 is 40.0 Å². The Kier molecular flexibility index (Phi) is 4.71. The van der Waals surface area contributed by atoms with Gasteiger partial charge in [-0.3, -0.25) is 4.79 Å². The molecule has 0 spiro atoms. The molecule has 1 aromatic heterocycles. The molecule has 1 aromatic rings. The number of nitrogens with zero attached hydrogens (tertiary/aromatic N) is 2. The lowest BCUT2D eigenvalue weighted by Gasteiger charge is -2.11. The number of thioether (sulfide) groups is 1. The molecule has 3 N–H and O–H groups in total. The summed E-state index contributed by atoms with van der Waals surface area (Å²) in [4.78, 5) is 19.0. The minimum absolute atomic E-state index is 0.107. The number of rotatable bonds is 5. The van der Waals surface area contributed by atoms with Crippen molar-refractivity contribution in [3.63, 3.8) is 0 Å². The van der Waals surface area contributed by atoms with E-state index < -0.39 is 0 Å². The summed E-state index contributed by atoms with van der Waals surface area (Å²) in [6.07, 6.45) is 4.39. The number of nitrogen functional groups attached to an aromatic ring is 1. The van der Waals surface area contributed by atoms with Gasteiger partial charge in [-0.15, -0.1) is 0 Å². The van der Waals surface area contributed by atoms with Crippen LogP contribution in [0, 0.1) is 0 Å². The fourth-order valence-electron chi connectivity index (χ4n) is 1.87. The average molecular weight is 286 g/mol. The Bertz CT molecular complexity index is 415. The topological polar surface area (TPSA) is 71.2 Å². The average Bonchev–Trinajstić information content (AvgIpc) is 2.97. The molecule has 1 fully saturated rings. The van der Waals surface area contributed by atoms with Crippen molar-refractivity contribution in [3.8, 4) is 0 Å². The summed E-state index contributed by atoms with van der Waals surface area (Å²) < 4.78 is 0. The van der Waals surface area contributed by atoms with Crippen LogP contribution < -0.4 is 16.0 Å². The number of amides is 1. The summed E-state index contributed by atoms with van der Waals surface area (Å²) in [5.41, 5.74) is 5.82. The minimum atomic E-state index is -0.107. The summed E-state index contributed by atoms with van der Waals surface area (Å²) in [5, 5.41) is 3.73. The van der Waals surface area contributed by atoms with Crippen LogP contribution in [-0.2, 0) is 0 Å². The van der Waals surface area contributed by atoms with Crippen molar-refractivity contribution < 1.29 is 4.79 Å². The van der Waals surface area contributed by atoms with Gasteiger partial charge in [-0.25, -0.2) is 4.98 Å². The number of thiazole rings is 1. The predicted octanol–water partition coefficient (Wildman–Crippen LogP) is 1.42. The Morgan fingerprint density at radius 3 is 2.94 bits per heavy atom. The molecule has 1 amide bonds. The molecule has 1 aliphatic heterocycles. The third-order valence-electron chi connectivity index (χ3n) is 2.82. The maximum absolute atomic E-state index is 11.9. The number of carbonyl (C=O) groups is 1. The Morgan fingerprint density at radius 1 is 1.56 bits per heavy atom. The summed E-state index contributed by atoms with van der Waals surface area (Å²) in [5.74, 6) is 1.15. The zero-order valence-corrected chi connectivity index (χ0v) is 12.1. The number of anilines is 2. The molecule has 2 rings (SSSR count). The van der Waals surface area contributed by atoms with E-state index in [9.17, 15) is 4.79 Å². The minimum Gasteiger partial charge on any atom is -0.382 e. The molecule has 18 heavy (non-hydrogen) atoms. The molecule has 0 bridgehead atoms. The molecule has 1 aliphatic rings. The number of nitrogens with one attached hydrogen (secondary N) is 1. The van der Waals surface area contributed by atoms with E-state index in [2.05, 4.69) is 15.2 Å². The van der Waals surface area contributed by atoms with Crippen LogP contribution in [-0.4, -0.2) is 42.5 Å². The number of hydrogen-bond donors (Lipinski definition) is 2. The fraction of sp³-hybridized carbons (Fsp3) is 0.636. The molecule has 0 radical (unpaired) electrons. The van der Waals surface area contributed by atoms with Crippen LogP contribution in [0.25, 0.3) is 0 Å². The van der Waals surface area contributed by atoms with Gasteiger partial charge < -0.3 is 16.0 Å². The molecular weight excluding hydrogens is 268 g/mol. The normalized spacial score (nSPS) is 15.1. The molecule has 0 saturated carbocycles. The molecule has 0 aliphatic carbocycles. The first-order valence-corrected chi connectivity index (χ1v) is 8.22. The van der Waals surface area contributed by atoms with Crippen LogP contribution >= 0.6 is 23.1 Å². The van der Waals surface area contributed by atoms with E-state index in [1.54, 1.807) is 11.8 Å². The number of carbonyl (C=O) groups excluding carboxylic acids is 1. The largest absolute Gasteiger partial charge is 0.382 e. The summed E-state index contributed by atoms with van der Waals surface area (Å²) in [6, 6.07) is 0. The molecule has 5 nitrogen and oxygen atoms in total. The van der Waals surface area contributed by atoms with E-state index in [1.807, 2.05) is 6.26 Å². The van der Waals surface area contributed by atoms with Gasteiger partial charge >= 0.3 is 0 Å². The first kappa shape index (κ1) is 13.5. The fourth-order valence-corrected chi connectivity index (χ4v) is 3.13. The SMILES string of the molecule is CSCCNC(=O)c1sc(N2CCCC2)nc1N. The van der Waals surface area contributed by atoms with Crippen molar-refractivity contribution in [2.45, 2.75) is 12.8 Å². The van der Waals surface area contributed by atoms with Crippen molar-refractivity contribution in [2.24, 2.45) is 0 Å². The zero-order valence-electron chi connectivity index (χ0n) is 10.4. The van der Waals surface area contributed by atoms with Crippen LogP contribution in [0.2, 0.25) is 0 Å². The van der Waals surface area contributed by atoms with Crippen molar-refractivity contribution in [1.29, 1.82) is 0 Å². The molecule has 0 atom stereocenters. The third-order valence-corrected chi connectivity index (χ3v) is 4.56. The monoisotopic (exact) mass is 286 g/mol. The summed E-state index contributed by atoms with van der Waals surface area (Å²) in [7, 11) is 0. The lowest BCUT2D eigenvalue weighted by molar-refractivity contribution is 0.0961. The van der Waals surface area contributed by atoms with Crippen molar-refractivity contribution in [2.75, 3.05) is 42.3 Å². The van der Waals surface area contributed by atoms with Crippen molar-refractivity contribution in [1.82, 2.24) is 10.3 Å². The predicted molar refractivity (Wildman–Crippen MR) is 78.7 cm³/mol. The molecule has 100 valence electrons. The quantitative estimate of drug-likeness (QED) is 0.801. The van der Waals surface area contributed by atoms with Gasteiger partial charge in [0.2, 0.25) is 0 Å². The third kappa shape index (κ3) is 3.08. The number of nitrogens with two attached hydrogens (primary N) is 1. The van der Waals surface area contributed by atoms with E-state index in [0.29, 0.717) is 17.2 Å². The van der Waals surface area contributed by atoms with E-state index in [4.69, 9.17) is 5.73 Å². The van der Waals surface area contributed by atoms with Gasteiger partial charge in [0, 0.05) is 25.4 Å². The number of aromatic nitrogens is 1. The lowest BCUT2D eigenvalue weighted by Crippen LogP contribution is -2.25. The first-order chi connectivity index (χ1) is 8.72. The van der Waals surface area contributed by atoms with Gasteiger partial charge in [-0.05, 0) is 19.1 Å². The van der Waals surface area contributed by atoms with Gasteiger partial charge in [-0.1, -0.05) is 11.3 Å². The highest BCUT2D eigenvalue weighted by atomic mass is 32.2. The van der Waals surface area contributed by atoms with Crippen LogP contribution in [0.4, 0.5) is 10.9 Å². The molecule has 0 unspecified atom stereocenters. The van der Waals surface area contributed by atoms with Gasteiger partial charge in [0.15, 0.2) is 5.13 Å². The first-order valence-electron chi connectivity index (χ1n) is 6.00. The van der Waals surface area contributed by atoms with Gasteiger partial charge in [0.25, 0.3) is 5.91 Å². The van der Waals surface area contributed by atoms with Crippen molar-refractivity contribution in [3.05, 3.63) is 4.88 Å². The van der Waals surface area contributed by atoms with E-state index >= 15 is 0 Å². The maximum Gasteiger partial charge on any atom is 0.265 e. The van der Waals surface area contributed by atoms with Gasteiger partial charge in [0.1, 0.15) is 10.7 Å². The van der Waals surface area contributed by atoms with Crippen LogP contribution in [0.15, 0.2) is 0 Å². The molecule has 7 heteroatoms. The standard InChI is InChI=1S/C11H18N4OS2/c1-17-7-4-13-10(16)8-9(12)14-11(18-8)15-5-2-3-6-15/h2-7,12H2,1H3,(H,13,16). The molecule has 0 aromatic carbocycles. The molecular formula is C11H18N4OS2. The van der Waals surface area contributed by atoms with E-state index in [-0.39, 0.29) is 5.91 Å². The second kappa shape index (κ2) is 6.29. The van der Waals surface area contributed by atoms with E-state index in [1.165, 1.54) is 24.2 Å². The second-order valence-electron chi connectivity index (χ2n) is 4.15. The highest BCUT2D eigenvalue weighted by Crippen LogP contribution is 2.30. The van der Waals surface area contributed by atoms with Crippen LogP contribution in [0.1, 0.15) is 22.5 Å². The summed E-state index contributed by atoms with van der Waals surface area (Å²) in [6.45, 7) is 2.69. The maximum atomic E-state index is 11.9. The van der Waals surface area contributed by atoms with Crippen LogP contribution in [0.5, 0.6) is 0 Å². The van der Waals surface area contributed by atoms with Crippen LogP contribution in [0.3, 0.4) is 0 Å². The second-order valence-corrected chi connectivity index (χ2v) is 6.12. The Labute approximate surface area is 115 Å². The molecule has 1 saturated heterocycles. The highest BCUT2D eigenvalue weighted by molar-refractivity contribution is 7.98. The Balaban J connectivity index is 2.01. The lowest BCUT2D eigenvalue weighted by atomic mass is 10.4. The smallest absolute Gasteiger partial charge is 0.265 e. The zero-order chi connectivity index (χ0) is 13.0. The number of hydrogen-bond acceptors (Lipinski definition) is 6. The van der Waals surface area contributed by atoms with Gasteiger partial charge in [0.05, 0.1) is 0 Å². The Morgan fingerprint density at radius 2 is 2.28 bits per heavy atom. The van der Waals surface area contributed by atoms with E-state index in [0.717, 1.165) is 24.0 Å². The molecule has 2 heterocycles. The highest BCUT2D eigenvalue weighted by Gasteiger charge is 2.21. The van der Waals surface area contributed by atoms with Gasteiger partial charge in [-0.2, -0.15) is 11.8 Å².